The minimum Gasteiger partial charge on any atom is -0.744 e. The fourth-order valence-electron chi connectivity index (χ4n) is 1.73. The molecular weight excluding hydrogens is 321 g/mol. The number of halogens is 3. The number of nitrogens with one attached hydrogen (secondary N) is 1. The number of hydrogen-bond donors (Lipinski definition) is 1. The van der Waals surface area contributed by atoms with Crippen molar-refractivity contribution < 1.29 is 31.2 Å². The maximum absolute atomic E-state index is 12.1. The molecule has 22 heavy (non-hydrogen) atoms. The first kappa shape index (κ1) is 18.6. The van der Waals surface area contributed by atoms with Gasteiger partial charge in [-0.15, -0.1) is 5.01 Å². The van der Waals surface area contributed by atoms with Crippen molar-refractivity contribution in [1.82, 2.24) is 5.01 Å². The molecule has 5 nitrogen and oxygen atoms in total. The van der Waals surface area contributed by atoms with Crippen molar-refractivity contribution in [2.75, 3.05) is 14.1 Å². The Labute approximate surface area is 127 Å². The van der Waals surface area contributed by atoms with Gasteiger partial charge in [0.1, 0.15) is 16.3 Å². The molecule has 1 aromatic rings. The Hall–Kier alpha value is -1.42. The average Bonchev–Trinajstić information content (AvgIpc) is 2.70. The van der Waals surface area contributed by atoms with Crippen molar-refractivity contribution in [1.29, 1.82) is 0 Å². The van der Waals surface area contributed by atoms with E-state index in [1.165, 1.54) is 30.4 Å². The number of alkyl halides is 3. The Balaban J connectivity index is 0.000000220. The van der Waals surface area contributed by atoms with Crippen molar-refractivity contribution in [3.63, 3.8) is 0 Å². The van der Waals surface area contributed by atoms with E-state index in [1.807, 2.05) is 6.92 Å². The van der Waals surface area contributed by atoms with Gasteiger partial charge >= 0.3 is 6.18 Å². The highest BCUT2D eigenvalue weighted by Gasteiger charge is 2.46. The average molecular weight is 338 g/mol. The van der Waals surface area contributed by atoms with E-state index in [9.17, 15) is 26.1 Å². The SMILES string of the molecule is CN1C(C(F)(F)F)C=C[NH+]1C.Cc1ccc(S(=O)(=O)[O-])cc1. The van der Waals surface area contributed by atoms with Gasteiger partial charge in [-0.1, -0.05) is 17.7 Å². The first-order chi connectivity index (χ1) is 9.93. The zero-order valence-corrected chi connectivity index (χ0v) is 13.1. The predicted molar refractivity (Wildman–Crippen MR) is 72.8 cm³/mol. The summed E-state index contributed by atoms with van der Waals surface area (Å²) in [5.74, 6) is 0. The number of likely N-dealkylation sites (N-methyl/N-ethyl adjacent to an activating group) is 1. The highest BCUT2D eigenvalue weighted by Crippen LogP contribution is 2.24. The third-order valence-corrected chi connectivity index (χ3v) is 3.99. The van der Waals surface area contributed by atoms with Crippen LogP contribution in [-0.2, 0) is 10.1 Å². The highest BCUT2D eigenvalue weighted by atomic mass is 32.2. The lowest BCUT2D eigenvalue weighted by Gasteiger charge is -2.22. The monoisotopic (exact) mass is 338 g/mol. The number of hydrogen-bond acceptors (Lipinski definition) is 4. The van der Waals surface area contributed by atoms with Gasteiger partial charge in [-0.2, -0.15) is 13.2 Å². The maximum atomic E-state index is 12.1. The summed E-state index contributed by atoms with van der Waals surface area (Å²) in [4.78, 5) is -0.178. The molecule has 0 amide bonds. The molecule has 1 heterocycles. The van der Waals surface area contributed by atoms with Crippen LogP contribution in [0.25, 0.3) is 0 Å². The van der Waals surface area contributed by atoms with Crippen molar-refractivity contribution in [3.8, 4) is 0 Å². The molecule has 1 aromatic carbocycles. The Bertz CT molecular complexity index is 627. The van der Waals surface area contributed by atoms with Gasteiger partial charge in [0, 0.05) is 13.1 Å². The van der Waals surface area contributed by atoms with E-state index >= 15 is 0 Å². The molecule has 124 valence electrons. The van der Waals surface area contributed by atoms with Crippen LogP contribution in [0.15, 0.2) is 41.4 Å². The quantitative estimate of drug-likeness (QED) is 0.766. The Morgan fingerprint density at radius 1 is 1.23 bits per heavy atom. The zero-order valence-electron chi connectivity index (χ0n) is 12.3. The van der Waals surface area contributed by atoms with E-state index in [4.69, 9.17) is 0 Å². The third-order valence-electron chi connectivity index (χ3n) is 3.14. The van der Waals surface area contributed by atoms with Gasteiger partial charge in [0.15, 0.2) is 6.04 Å². The van der Waals surface area contributed by atoms with E-state index in [0.29, 0.717) is 5.01 Å². The predicted octanol–water partition coefficient (Wildman–Crippen LogP) is 0.705. The first-order valence-corrected chi connectivity index (χ1v) is 7.67. The molecule has 1 N–H and O–H groups in total. The van der Waals surface area contributed by atoms with Crippen molar-refractivity contribution >= 4 is 10.1 Å². The smallest absolute Gasteiger partial charge is 0.412 e. The van der Waals surface area contributed by atoms with Gasteiger partial charge in [0.2, 0.25) is 0 Å². The Morgan fingerprint density at radius 3 is 2.00 bits per heavy atom. The Kier molecular flexibility index (Phi) is 5.74. The van der Waals surface area contributed by atoms with E-state index in [-0.39, 0.29) is 4.90 Å². The number of aryl methyl sites for hydroxylation is 1. The second-order valence-corrected chi connectivity index (χ2v) is 6.24. The molecule has 0 aromatic heterocycles. The fourth-order valence-corrected chi connectivity index (χ4v) is 2.20. The molecule has 1 aliphatic rings. The minimum atomic E-state index is -4.27. The van der Waals surface area contributed by atoms with Crippen LogP contribution in [0.2, 0.25) is 0 Å². The Morgan fingerprint density at radius 2 is 1.73 bits per heavy atom. The van der Waals surface area contributed by atoms with Crippen LogP contribution in [0, 0.1) is 6.92 Å². The van der Waals surface area contributed by atoms with Crippen LogP contribution in [0.5, 0.6) is 0 Å². The molecule has 2 atom stereocenters. The van der Waals surface area contributed by atoms with Crippen molar-refractivity contribution in [3.05, 3.63) is 42.1 Å². The van der Waals surface area contributed by atoms with Gasteiger partial charge in [-0.05, 0) is 19.1 Å². The molecule has 0 saturated carbocycles. The maximum Gasteiger partial charge on any atom is 0.412 e. The molecule has 2 rings (SSSR count). The largest absolute Gasteiger partial charge is 0.744 e. The summed E-state index contributed by atoms with van der Waals surface area (Å²) in [5, 5.41) is 1.85. The first-order valence-electron chi connectivity index (χ1n) is 6.27. The summed E-state index contributed by atoms with van der Waals surface area (Å²) in [5.41, 5.74) is 0.928. The molecule has 0 spiro atoms. The second-order valence-electron chi connectivity index (χ2n) is 4.87. The fraction of sp³-hybridized carbons (Fsp3) is 0.385. The van der Waals surface area contributed by atoms with Gasteiger partial charge in [-0.25, -0.2) is 13.4 Å². The molecule has 0 saturated heterocycles. The molecule has 2 unspecified atom stereocenters. The molecule has 0 aliphatic carbocycles. The van der Waals surface area contributed by atoms with Gasteiger partial charge in [-0.3, -0.25) is 0 Å². The lowest BCUT2D eigenvalue weighted by Crippen LogP contribution is -3.10. The lowest BCUT2D eigenvalue weighted by molar-refractivity contribution is -0.947. The molecule has 0 bridgehead atoms. The van der Waals surface area contributed by atoms with E-state index in [0.717, 1.165) is 11.6 Å². The highest BCUT2D eigenvalue weighted by molar-refractivity contribution is 7.85. The standard InChI is InChI=1S/C7H8O3S.C6H9F3N2/c1-6-2-4-7(5-3-6)11(8,9)10;1-10-4-3-5(11(10)2)6(7,8)9/h2-5H,1H3,(H,8,9,10);3-5H,1-2H3. The summed E-state index contributed by atoms with van der Waals surface area (Å²) < 4.78 is 67.4. The van der Waals surface area contributed by atoms with Crippen LogP contribution in [0.4, 0.5) is 13.2 Å². The molecule has 0 fully saturated rings. The van der Waals surface area contributed by atoms with Crippen LogP contribution >= 0.6 is 0 Å². The molecule has 9 heteroatoms. The lowest BCUT2D eigenvalue weighted by atomic mass is 10.2. The summed E-state index contributed by atoms with van der Waals surface area (Å²) in [7, 11) is -1.18. The topological polar surface area (TPSA) is 64.9 Å². The molecule has 1 aliphatic heterocycles. The molecular formula is C13H17F3N2O3S. The number of quaternary nitrogens is 1. The summed E-state index contributed by atoms with van der Waals surface area (Å²) in [6.07, 6.45) is -1.50. The van der Waals surface area contributed by atoms with Crippen LogP contribution in [0.3, 0.4) is 0 Å². The van der Waals surface area contributed by atoms with Gasteiger partial charge in [0.05, 0.1) is 11.9 Å². The number of rotatable bonds is 1. The van der Waals surface area contributed by atoms with Crippen molar-refractivity contribution in [2.24, 2.45) is 0 Å². The van der Waals surface area contributed by atoms with Crippen LogP contribution in [0.1, 0.15) is 5.56 Å². The normalized spacial score (nSPS) is 22.3. The third kappa shape index (κ3) is 5.09. The van der Waals surface area contributed by atoms with E-state index < -0.39 is 22.3 Å². The minimum absolute atomic E-state index is 0.178. The van der Waals surface area contributed by atoms with Gasteiger partial charge in [0.25, 0.3) is 0 Å². The molecule has 0 radical (unpaired) electrons. The van der Waals surface area contributed by atoms with E-state index in [2.05, 4.69) is 0 Å². The van der Waals surface area contributed by atoms with Crippen LogP contribution in [-0.4, -0.2) is 44.3 Å². The number of nitrogens with zero attached hydrogens (tertiary/aromatic N) is 1. The van der Waals surface area contributed by atoms with E-state index in [1.54, 1.807) is 19.2 Å². The summed E-state index contributed by atoms with van der Waals surface area (Å²) in [6, 6.07) is 4.35. The summed E-state index contributed by atoms with van der Waals surface area (Å²) >= 11 is 0. The summed E-state index contributed by atoms with van der Waals surface area (Å²) in [6.45, 7) is 1.82. The zero-order chi connectivity index (χ0) is 17.1. The van der Waals surface area contributed by atoms with Crippen molar-refractivity contribution in [2.45, 2.75) is 24.0 Å². The number of benzene rings is 1. The van der Waals surface area contributed by atoms with Crippen LogP contribution < -0.4 is 5.01 Å². The second kappa shape index (κ2) is 6.78. The van der Waals surface area contributed by atoms with Gasteiger partial charge < -0.3 is 4.55 Å².